The van der Waals surface area contributed by atoms with Gasteiger partial charge in [-0.1, -0.05) is 6.92 Å². The van der Waals surface area contributed by atoms with Gasteiger partial charge in [-0.05, 0) is 50.3 Å². The third kappa shape index (κ3) is 4.79. The van der Waals surface area contributed by atoms with Gasteiger partial charge in [0.05, 0.1) is 24.4 Å². The molecular weight excluding hydrogens is 368 g/mol. The maximum Gasteiger partial charge on any atom is 0.305 e. The number of unbranched alkanes of at least 4 members (excludes halogenated alkanes) is 1. The van der Waals surface area contributed by atoms with Crippen LogP contribution in [0.2, 0.25) is 0 Å². The van der Waals surface area contributed by atoms with Gasteiger partial charge >= 0.3 is 5.97 Å². The van der Waals surface area contributed by atoms with Crippen LogP contribution in [-0.2, 0) is 33.7 Å². The minimum Gasteiger partial charge on any atom is -0.466 e. The fourth-order valence-electron chi connectivity index (χ4n) is 3.60. The fraction of sp³-hybridized carbons (Fsp3) is 0.455. The van der Waals surface area contributed by atoms with Crippen molar-refractivity contribution in [3.8, 4) is 11.1 Å². The summed E-state index contributed by atoms with van der Waals surface area (Å²) >= 11 is 0. The Hall–Kier alpha value is -2.80. The van der Waals surface area contributed by atoms with Gasteiger partial charge in [0.15, 0.2) is 0 Å². The van der Waals surface area contributed by atoms with Gasteiger partial charge in [-0.2, -0.15) is 5.10 Å². The van der Waals surface area contributed by atoms with Gasteiger partial charge in [0.25, 0.3) is 0 Å². The Morgan fingerprint density at radius 1 is 1.14 bits per heavy atom. The minimum atomic E-state index is -0.144. The molecule has 3 heterocycles. The van der Waals surface area contributed by atoms with Gasteiger partial charge in [0, 0.05) is 42.7 Å². The van der Waals surface area contributed by atoms with Gasteiger partial charge < -0.3 is 9.47 Å². The molecule has 0 unspecified atom stereocenters. The van der Waals surface area contributed by atoms with E-state index in [9.17, 15) is 4.79 Å². The summed E-state index contributed by atoms with van der Waals surface area (Å²) in [7, 11) is 1.68. The molecule has 29 heavy (non-hydrogen) atoms. The quantitative estimate of drug-likeness (QED) is 0.383. The smallest absolute Gasteiger partial charge is 0.305 e. The summed E-state index contributed by atoms with van der Waals surface area (Å²) < 4.78 is 12.5. The van der Waals surface area contributed by atoms with Crippen LogP contribution in [0.3, 0.4) is 0 Å². The van der Waals surface area contributed by atoms with E-state index in [0.717, 1.165) is 59.3 Å². The molecule has 0 aliphatic heterocycles. The Bertz CT molecular complexity index is 954. The number of aromatic nitrogens is 4. The average Bonchev–Trinajstić information content (AvgIpc) is 3.14. The minimum absolute atomic E-state index is 0.144. The molecule has 0 N–H and O–H groups in total. The molecule has 0 aromatic carbocycles. The first-order chi connectivity index (χ1) is 14.2. The van der Waals surface area contributed by atoms with Crippen LogP contribution in [0.4, 0.5) is 0 Å². The summed E-state index contributed by atoms with van der Waals surface area (Å²) in [6.07, 6.45) is 8.93. The van der Waals surface area contributed by atoms with Crippen LogP contribution in [0.15, 0.2) is 30.9 Å². The molecular formula is C22H28N4O3. The van der Waals surface area contributed by atoms with Gasteiger partial charge in [-0.3, -0.25) is 4.79 Å². The maximum atomic E-state index is 11.6. The van der Waals surface area contributed by atoms with Crippen LogP contribution < -0.4 is 0 Å². The topological polar surface area (TPSA) is 78.6 Å². The molecule has 0 aliphatic rings. The first-order valence-electron chi connectivity index (χ1n) is 10.1. The van der Waals surface area contributed by atoms with Gasteiger partial charge in [0.2, 0.25) is 0 Å². The van der Waals surface area contributed by atoms with E-state index in [2.05, 4.69) is 29.0 Å². The molecule has 0 atom stereocenters. The molecule has 0 radical (unpaired) electrons. The Morgan fingerprint density at radius 2 is 1.93 bits per heavy atom. The summed E-state index contributed by atoms with van der Waals surface area (Å²) in [5, 5.41) is 4.88. The SMILES string of the molecule is CCOC(=O)CCCCc1c(COC)nn2c(CC)ccc2c1-c1cncnc1. The maximum absolute atomic E-state index is 11.6. The van der Waals surface area contributed by atoms with Crippen molar-refractivity contribution in [2.24, 2.45) is 0 Å². The van der Waals surface area contributed by atoms with E-state index in [1.807, 2.05) is 23.8 Å². The van der Waals surface area contributed by atoms with Crippen LogP contribution in [0.25, 0.3) is 16.6 Å². The normalized spacial score (nSPS) is 11.1. The monoisotopic (exact) mass is 396 g/mol. The molecule has 0 saturated heterocycles. The standard InChI is InChI=1S/C22H28N4O3/c1-4-17-10-11-20-22(16-12-23-15-24-13-16)18(19(14-28-3)25-26(17)20)8-6-7-9-21(27)29-5-2/h10-13,15H,4-9,14H2,1-3H3. The van der Waals surface area contributed by atoms with E-state index in [-0.39, 0.29) is 5.97 Å². The summed E-state index contributed by atoms with van der Waals surface area (Å²) in [6, 6.07) is 4.21. The Balaban J connectivity index is 2.01. The summed E-state index contributed by atoms with van der Waals surface area (Å²) in [4.78, 5) is 20.1. The number of carbonyl (C=O) groups is 1. The number of hydrogen-bond donors (Lipinski definition) is 0. The lowest BCUT2D eigenvalue weighted by Gasteiger charge is -2.17. The Morgan fingerprint density at radius 3 is 2.62 bits per heavy atom. The number of hydrogen-bond acceptors (Lipinski definition) is 6. The van der Waals surface area contributed by atoms with E-state index >= 15 is 0 Å². The lowest BCUT2D eigenvalue weighted by atomic mass is 9.96. The van der Waals surface area contributed by atoms with Crippen LogP contribution in [0, 0.1) is 0 Å². The lowest BCUT2D eigenvalue weighted by Crippen LogP contribution is -2.10. The van der Waals surface area contributed by atoms with E-state index in [1.165, 1.54) is 6.33 Å². The third-order valence-electron chi connectivity index (χ3n) is 4.92. The van der Waals surface area contributed by atoms with Crippen LogP contribution in [0.1, 0.15) is 50.1 Å². The second-order valence-corrected chi connectivity index (χ2v) is 6.85. The molecule has 7 nitrogen and oxygen atoms in total. The summed E-state index contributed by atoms with van der Waals surface area (Å²) in [5.74, 6) is -0.144. The molecule has 0 aliphatic carbocycles. The zero-order valence-corrected chi connectivity index (χ0v) is 17.4. The van der Waals surface area contributed by atoms with E-state index in [0.29, 0.717) is 19.6 Å². The highest BCUT2D eigenvalue weighted by atomic mass is 16.5. The molecule has 3 rings (SSSR count). The average molecular weight is 396 g/mol. The highest BCUT2D eigenvalue weighted by Gasteiger charge is 2.19. The molecule has 0 spiro atoms. The Labute approximate surface area is 171 Å². The molecule has 7 heteroatoms. The number of nitrogens with zero attached hydrogens (tertiary/aromatic N) is 4. The first-order valence-corrected chi connectivity index (χ1v) is 10.1. The number of fused-ring (bicyclic) bond motifs is 1. The van der Waals surface area contributed by atoms with Crippen molar-refractivity contribution in [3.05, 3.63) is 47.8 Å². The van der Waals surface area contributed by atoms with Crippen molar-refractivity contribution < 1.29 is 14.3 Å². The van der Waals surface area contributed by atoms with Crippen LogP contribution >= 0.6 is 0 Å². The third-order valence-corrected chi connectivity index (χ3v) is 4.92. The molecule has 0 bridgehead atoms. The fourth-order valence-corrected chi connectivity index (χ4v) is 3.60. The van der Waals surface area contributed by atoms with Crippen LogP contribution in [0.5, 0.6) is 0 Å². The molecule has 3 aromatic heterocycles. The number of ether oxygens (including phenoxy) is 2. The Kier molecular flexibility index (Phi) is 7.30. The highest BCUT2D eigenvalue weighted by Crippen LogP contribution is 2.32. The zero-order chi connectivity index (χ0) is 20.6. The predicted molar refractivity (Wildman–Crippen MR) is 110 cm³/mol. The second kappa shape index (κ2) is 10.1. The van der Waals surface area contributed by atoms with E-state index in [1.54, 1.807) is 7.11 Å². The van der Waals surface area contributed by atoms with Crippen molar-refractivity contribution in [2.75, 3.05) is 13.7 Å². The van der Waals surface area contributed by atoms with Crippen molar-refractivity contribution in [1.29, 1.82) is 0 Å². The van der Waals surface area contributed by atoms with E-state index in [4.69, 9.17) is 14.6 Å². The number of methoxy groups -OCH3 is 1. The lowest BCUT2D eigenvalue weighted by molar-refractivity contribution is -0.143. The summed E-state index contributed by atoms with van der Waals surface area (Å²) in [6.45, 7) is 4.79. The van der Waals surface area contributed by atoms with Gasteiger partial charge in [-0.25, -0.2) is 14.5 Å². The molecule has 0 amide bonds. The number of carbonyl (C=O) groups excluding carboxylic acids is 1. The molecule has 3 aromatic rings. The van der Waals surface area contributed by atoms with Crippen molar-refractivity contribution >= 4 is 11.5 Å². The largest absolute Gasteiger partial charge is 0.466 e. The van der Waals surface area contributed by atoms with Gasteiger partial charge in [0.1, 0.15) is 6.33 Å². The van der Waals surface area contributed by atoms with Gasteiger partial charge in [-0.15, -0.1) is 0 Å². The van der Waals surface area contributed by atoms with Crippen molar-refractivity contribution in [3.63, 3.8) is 0 Å². The van der Waals surface area contributed by atoms with Crippen molar-refractivity contribution in [2.45, 2.75) is 52.6 Å². The van der Waals surface area contributed by atoms with Crippen molar-refractivity contribution in [1.82, 2.24) is 19.6 Å². The predicted octanol–water partition coefficient (Wildman–Crippen LogP) is 3.78. The first kappa shape index (κ1) is 20.9. The number of esters is 1. The van der Waals surface area contributed by atoms with E-state index < -0.39 is 0 Å². The second-order valence-electron chi connectivity index (χ2n) is 6.85. The summed E-state index contributed by atoms with van der Waals surface area (Å²) in [5.41, 5.74) is 6.25. The zero-order valence-electron chi connectivity index (χ0n) is 17.4. The number of aryl methyl sites for hydroxylation is 1. The highest BCUT2D eigenvalue weighted by molar-refractivity contribution is 5.83. The molecule has 154 valence electrons. The molecule has 0 fully saturated rings. The number of rotatable bonds is 10. The van der Waals surface area contributed by atoms with Crippen LogP contribution in [-0.4, -0.2) is 39.3 Å². The molecule has 0 saturated carbocycles.